The van der Waals surface area contributed by atoms with Gasteiger partial charge in [-0.05, 0) is 43.0 Å². The predicted molar refractivity (Wildman–Crippen MR) is 92.6 cm³/mol. The van der Waals surface area contributed by atoms with Gasteiger partial charge in [0.2, 0.25) is 5.91 Å². The molecule has 0 aromatic heterocycles. The molecule has 3 aliphatic rings. The summed E-state index contributed by atoms with van der Waals surface area (Å²) < 4.78 is 11.5. The van der Waals surface area contributed by atoms with Crippen LogP contribution in [0.5, 0.6) is 0 Å². The fourth-order valence-corrected chi connectivity index (χ4v) is 4.11. The number of carbonyl (C=O) groups excluding carboxylic acids is 2. The van der Waals surface area contributed by atoms with Gasteiger partial charge in [-0.3, -0.25) is 9.59 Å². The van der Waals surface area contributed by atoms with Crippen LogP contribution in [0.25, 0.3) is 0 Å². The van der Waals surface area contributed by atoms with E-state index in [9.17, 15) is 9.59 Å². The van der Waals surface area contributed by atoms with Gasteiger partial charge < -0.3 is 20.1 Å². The number of amides is 2. The minimum absolute atomic E-state index is 0.0300. The van der Waals surface area contributed by atoms with E-state index in [4.69, 9.17) is 9.47 Å². The highest BCUT2D eigenvalue weighted by Crippen LogP contribution is 2.35. The lowest BCUT2D eigenvalue weighted by atomic mass is 9.86. The molecule has 0 aliphatic carbocycles. The van der Waals surface area contributed by atoms with E-state index in [1.165, 1.54) is 0 Å². The molecule has 3 aliphatic heterocycles. The molecule has 6 heteroatoms. The molecule has 0 saturated carbocycles. The number of fused-ring (bicyclic) bond motifs is 1. The van der Waals surface area contributed by atoms with Gasteiger partial charge in [-0.25, -0.2) is 0 Å². The first-order chi connectivity index (χ1) is 12.2. The summed E-state index contributed by atoms with van der Waals surface area (Å²) in [6, 6.07) is 5.56. The predicted octanol–water partition coefficient (Wildman–Crippen LogP) is 2.03. The van der Waals surface area contributed by atoms with Crippen LogP contribution in [-0.2, 0) is 20.7 Å². The molecule has 1 spiro atoms. The van der Waals surface area contributed by atoms with Crippen LogP contribution in [0.4, 0.5) is 5.69 Å². The Kier molecular flexibility index (Phi) is 4.48. The summed E-state index contributed by atoms with van der Waals surface area (Å²) in [5.41, 5.74) is 2.23. The van der Waals surface area contributed by atoms with Gasteiger partial charge in [0.05, 0.1) is 11.6 Å². The molecule has 2 amide bonds. The molecule has 1 aromatic carbocycles. The van der Waals surface area contributed by atoms with Crippen molar-refractivity contribution in [3.8, 4) is 0 Å². The molecule has 134 valence electrons. The number of anilines is 1. The number of hydrogen-bond donors (Lipinski definition) is 2. The van der Waals surface area contributed by atoms with Gasteiger partial charge in [-0.15, -0.1) is 0 Å². The first-order valence-electron chi connectivity index (χ1n) is 9.12. The van der Waals surface area contributed by atoms with Gasteiger partial charge in [0.1, 0.15) is 0 Å². The highest BCUT2D eigenvalue weighted by Gasteiger charge is 2.46. The second kappa shape index (κ2) is 6.77. The third-order valence-electron chi connectivity index (χ3n) is 5.57. The topological polar surface area (TPSA) is 76.7 Å². The summed E-state index contributed by atoms with van der Waals surface area (Å²) in [7, 11) is 0. The van der Waals surface area contributed by atoms with Gasteiger partial charge in [0.15, 0.2) is 0 Å². The molecule has 2 saturated heterocycles. The molecule has 25 heavy (non-hydrogen) atoms. The molecule has 0 unspecified atom stereocenters. The average molecular weight is 344 g/mol. The molecule has 6 nitrogen and oxygen atoms in total. The maximum absolute atomic E-state index is 12.8. The zero-order valence-corrected chi connectivity index (χ0v) is 14.3. The first kappa shape index (κ1) is 16.5. The van der Waals surface area contributed by atoms with Crippen LogP contribution in [-0.4, -0.2) is 43.3 Å². The normalized spacial score (nSPS) is 25.1. The number of rotatable bonds is 2. The SMILES string of the molecule is O=C1CCCc2cc(C(=O)N[C@H]3CCOC34CCOCC4)ccc2N1. The monoisotopic (exact) mass is 344 g/mol. The third kappa shape index (κ3) is 3.28. The van der Waals surface area contributed by atoms with E-state index in [0.717, 1.165) is 43.4 Å². The van der Waals surface area contributed by atoms with Crippen molar-refractivity contribution in [2.45, 2.75) is 50.2 Å². The maximum Gasteiger partial charge on any atom is 0.251 e. The maximum atomic E-state index is 12.8. The number of carbonyl (C=O) groups is 2. The van der Waals surface area contributed by atoms with Crippen LogP contribution in [0, 0.1) is 0 Å². The van der Waals surface area contributed by atoms with Crippen LogP contribution in [0.15, 0.2) is 18.2 Å². The van der Waals surface area contributed by atoms with Gasteiger partial charge in [0.25, 0.3) is 5.91 Å². The van der Waals surface area contributed by atoms with Gasteiger partial charge >= 0.3 is 0 Å². The van der Waals surface area contributed by atoms with Crippen molar-refractivity contribution < 1.29 is 19.1 Å². The summed E-state index contributed by atoms with van der Waals surface area (Å²) in [6.45, 7) is 2.05. The zero-order chi connectivity index (χ0) is 17.3. The van der Waals surface area contributed by atoms with Crippen molar-refractivity contribution in [3.63, 3.8) is 0 Å². The zero-order valence-electron chi connectivity index (χ0n) is 14.3. The van der Waals surface area contributed by atoms with Crippen LogP contribution >= 0.6 is 0 Å². The smallest absolute Gasteiger partial charge is 0.251 e. The Labute approximate surface area is 147 Å². The van der Waals surface area contributed by atoms with E-state index in [1.54, 1.807) is 6.07 Å². The largest absolute Gasteiger partial charge is 0.381 e. The minimum atomic E-state index is -0.270. The summed E-state index contributed by atoms with van der Waals surface area (Å²) in [4.78, 5) is 24.4. The second-order valence-electron chi connectivity index (χ2n) is 7.11. The Bertz CT molecular complexity index is 682. The third-order valence-corrected chi connectivity index (χ3v) is 5.57. The Morgan fingerprint density at radius 3 is 2.88 bits per heavy atom. The molecule has 1 atom stereocenters. The van der Waals surface area contributed by atoms with Crippen molar-refractivity contribution in [3.05, 3.63) is 29.3 Å². The highest BCUT2D eigenvalue weighted by atomic mass is 16.5. The lowest BCUT2D eigenvalue weighted by molar-refractivity contribution is -0.116. The molecular weight excluding hydrogens is 320 g/mol. The summed E-state index contributed by atoms with van der Waals surface area (Å²) >= 11 is 0. The Morgan fingerprint density at radius 2 is 2.04 bits per heavy atom. The van der Waals surface area contributed by atoms with Crippen molar-refractivity contribution >= 4 is 17.5 Å². The van der Waals surface area contributed by atoms with E-state index in [2.05, 4.69) is 10.6 Å². The average Bonchev–Trinajstić information content (AvgIpc) is 2.87. The standard InChI is InChI=1S/C19H24N2O4/c22-17-3-1-2-13-12-14(4-5-15(13)20-17)18(23)21-16-6-9-25-19(16)7-10-24-11-8-19/h4-5,12,16H,1-3,6-11H2,(H,20,22)(H,21,23)/t16-/m0/s1. The van der Waals surface area contributed by atoms with E-state index >= 15 is 0 Å². The Morgan fingerprint density at radius 1 is 1.20 bits per heavy atom. The van der Waals surface area contributed by atoms with E-state index in [1.807, 2.05) is 12.1 Å². The second-order valence-corrected chi connectivity index (χ2v) is 7.11. The molecular formula is C19H24N2O4. The molecule has 3 heterocycles. The van der Waals surface area contributed by atoms with Gasteiger partial charge in [-0.2, -0.15) is 0 Å². The molecule has 4 rings (SSSR count). The van der Waals surface area contributed by atoms with E-state index < -0.39 is 0 Å². The highest BCUT2D eigenvalue weighted by molar-refractivity contribution is 5.97. The molecule has 1 aromatic rings. The van der Waals surface area contributed by atoms with Gasteiger partial charge in [-0.1, -0.05) is 0 Å². The fraction of sp³-hybridized carbons (Fsp3) is 0.579. The quantitative estimate of drug-likeness (QED) is 0.861. The van der Waals surface area contributed by atoms with E-state index in [0.29, 0.717) is 31.8 Å². The van der Waals surface area contributed by atoms with Crippen molar-refractivity contribution in [2.75, 3.05) is 25.1 Å². The van der Waals surface area contributed by atoms with Crippen molar-refractivity contribution in [2.24, 2.45) is 0 Å². The molecule has 0 bridgehead atoms. The number of ether oxygens (including phenoxy) is 2. The molecule has 2 N–H and O–H groups in total. The Hall–Kier alpha value is -1.92. The lowest BCUT2D eigenvalue weighted by Gasteiger charge is -2.37. The number of hydrogen-bond acceptors (Lipinski definition) is 4. The minimum Gasteiger partial charge on any atom is -0.381 e. The molecule has 0 radical (unpaired) electrons. The summed E-state index contributed by atoms with van der Waals surface area (Å²) in [5, 5.41) is 6.08. The lowest BCUT2D eigenvalue weighted by Crippen LogP contribution is -2.52. The molecule has 2 fully saturated rings. The van der Waals surface area contributed by atoms with Crippen LogP contribution in [0.1, 0.15) is 48.0 Å². The van der Waals surface area contributed by atoms with Crippen molar-refractivity contribution in [1.82, 2.24) is 5.32 Å². The Balaban J connectivity index is 1.49. The number of aryl methyl sites for hydroxylation is 1. The van der Waals surface area contributed by atoms with Crippen molar-refractivity contribution in [1.29, 1.82) is 0 Å². The fourth-order valence-electron chi connectivity index (χ4n) is 4.11. The summed E-state index contributed by atoms with van der Waals surface area (Å²) in [6.07, 6.45) is 4.64. The van der Waals surface area contributed by atoms with E-state index in [-0.39, 0.29) is 23.5 Å². The number of nitrogens with one attached hydrogen (secondary N) is 2. The summed E-state index contributed by atoms with van der Waals surface area (Å²) in [5.74, 6) is -0.0275. The van der Waals surface area contributed by atoms with Crippen LogP contribution in [0.3, 0.4) is 0 Å². The van der Waals surface area contributed by atoms with Gasteiger partial charge in [0, 0.05) is 50.3 Å². The van der Waals surface area contributed by atoms with Crippen LogP contribution in [0.2, 0.25) is 0 Å². The van der Waals surface area contributed by atoms with Crippen LogP contribution < -0.4 is 10.6 Å². The first-order valence-corrected chi connectivity index (χ1v) is 9.12. The number of benzene rings is 1.